The highest BCUT2D eigenvalue weighted by Gasteiger charge is 2.13. The van der Waals surface area contributed by atoms with E-state index in [9.17, 15) is 0 Å². The molecule has 1 aromatic rings. The first-order valence-electron chi connectivity index (χ1n) is 8.00. The minimum absolute atomic E-state index is 0.0948. The number of hydrogen-bond acceptors (Lipinski definition) is 3. The molecule has 0 radical (unpaired) electrons. The van der Waals surface area contributed by atoms with Crippen LogP contribution in [0.2, 0.25) is 0 Å². The van der Waals surface area contributed by atoms with Gasteiger partial charge in [-0.2, -0.15) is 0 Å². The van der Waals surface area contributed by atoms with Gasteiger partial charge in [0.2, 0.25) is 5.95 Å². The zero-order chi connectivity index (χ0) is 17.3. The molecule has 0 bridgehead atoms. The first kappa shape index (κ1) is 2.44. The Kier molecular flexibility index (Phi) is 0.689. The third-order valence-corrected chi connectivity index (χ3v) is 1.46. The van der Waals surface area contributed by atoms with E-state index in [2.05, 4.69) is 25.9 Å². The highest BCUT2D eigenvalue weighted by molar-refractivity contribution is 9.10. The van der Waals surface area contributed by atoms with Crippen molar-refractivity contribution in [3.63, 3.8) is 0 Å². The summed E-state index contributed by atoms with van der Waals surface area (Å²) in [5.74, 6) is -0.765. The average molecular weight is 238 g/mol. The Morgan fingerprint density at radius 3 is 2.58 bits per heavy atom. The summed E-state index contributed by atoms with van der Waals surface area (Å²) in [7, 11) is 0. The van der Waals surface area contributed by atoms with Crippen molar-refractivity contribution in [3.05, 3.63) is 16.8 Å². The smallest absolute Gasteiger partial charge is 0.225 e. The van der Waals surface area contributed by atoms with E-state index in [0.29, 0.717) is 0 Å². The van der Waals surface area contributed by atoms with Gasteiger partial charge in [0.15, 0.2) is 0 Å². The average Bonchev–Trinajstić information content (AvgIpc) is 2.40. The zero-order valence-electron chi connectivity index (χ0n) is 15.7. The van der Waals surface area contributed by atoms with E-state index >= 15 is 0 Å². The highest BCUT2D eigenvalue weighted by atomic mass is 79.9. The van der Waals surface area contributed by atoms with Gasteiger partial charge in [0.25, 0.3) is 0 Å². The van der Waals surface area contributed by atoms with Crippen molar-refractivity contribution in [2.24, 2.45) is 0 Å². The second kappa shape index (κ2) is 3.39. The highest BCUT2D eigenvalue weighted by Crippen LogP contribution is 2.15. The van der Waals surface area contributed by atoms with Crippen molar-refractivity contribution in [1.82, 2.24) is 9.97 Å². The summed E-state index contributed by atoms with van der Waals surface area (Å²) in [5, 5.41) is 0. The zero-order valence-corrected chi connectivity index (χ0v) is 7.31. The van der Waals surface area contributed by atoms with Crippen LogP contribution in [-0.2, 0) is 0 Å². The van der Waals surface area contributed by atoms with Gasteiger partial charge in [-0.15, -0.1) is 0 Å². The summed E-state index contributed by atoms with van der Waals surface area (Å²) >= 11 is 2.87. The lowest BCUT2D eigenvalue weighted by atomic mass is 10.4. The molecule has 0 aliphatic carbocycles. The summed E-state index contributed by atoms with van der Waals surface area (Å²) in [6.07, 6.45) is -7.47. The van der Waals surface area contributed by atoms with Gasteiger partial charge >= 0.3 is 0 Å². The second-order valence-electron chi connectivity index (χ2n) is 1.87. The summed E-state index contributed by atoms with van der Waals surface area (Å²) < 4.78 is 76.9. The molecule has 12 heavy (non-hydrogen) atoms. The molecule has 0 atom stereocenters. The Morgan fingerprint density at radius 1 is 1.42 bits per heavy atom. The minimum Gasteiger partial charge on any atom is -0.341 e. The van der Waals surface area contributed by atoms with Gasteiger partial charge in [-0.25, -0.2) is 9.97 Å². The number of halogens is 1. The number of nitrogens with zero attached hydrogens (tertiary/aromatic N) is 3. The first-order valence-corrected chi connectivity index (χ1v) is 3.80. The van der Waals surface area contributed by atoms with Gasteiger partial charge in [0, 0.05) is 36.3 Å². The Hall–Kier alpha value is -0.640. The number of hydrogen-bond donors (Lipinski definition) is 0. The Labute approximate surface area is 94.0 Å². The predicted octanol–water partition coefficient (Wildman–Crippen LogP) is 1.84. The van der Waals surface area contributed by atoms with Crippen LogP contribution in [0.15, 0.2) is 16.8 Å². The van der Waals surface area contributed by atoms with Crippen LogP contribution in [0.3, 0.4) is 0 Å². The summed E-state index contributed by atoms with van der Waals surface area (Å²) in [6.45, 7) is -6.26. The molecule has 0 spiro atoms. The van der Waals surface area contributed by atoms with E-state index in [1.807, 2.05) is 0 Å². The summed E-state index contributed by atoms with van der Waals surface area (Å²) in [5.41, 5.74) is 0. The molecular formula is C8H10BrN3. The second-order valence-corrected chi connectivity index (χ2v) is 2.66. The Bertz CT molecular complexity index is 584. The van der Waals surface area contributed by atoms with Gasteiger partial charge in [0.1, 0.15) is 0 Å². The molecular weight excluding hydrogens is 218 g/mol. The van der Waals surface area contributed by atoms with E-state index < -0.39 is 44.0 Å². The molecule has 1 aromatic heterocycles. The molecule has 1 aliphatic rings. The lowest BCUT2D eigenvalue weighted by Crippen LogP contribution is -2.19. The SMILES string of the molecule is [2H]c1nc(N2C([2H])([2H])C([2H])([2H])C([2H])([2H])C2([2H])[2H])nc([2H])c1Br. The fraction of sp³-hybridized carbons (Fsp3) is 0.500. The van der Waals surface area contributed by atoms with E-state index in [1.165, 1.54) is 0 Å². The Balaban J connectivity index is 2.74. The van der Waals surface area contributed by atoms with E-state index in [1.54, 1.807) is 0 Å². The van der Waals surface area contributed by atoms with E-state index in [-0.39, 0.29) is 9.37 Å². The molecule has 4 heteroatoms. The van der Waals surface area contributed by atoms with E-state index in [4.69, 9.17) is 13.7 Å². The van der Waals surface area contributed by atoms with Gasteiger partial charge in [-0.1, -0.05) is 0 Å². The lowest BCUT2D eigenvalue weighted by Gasteiger charge is -2.13. The monoisotopic (exact) mass is 237 g/mol. The molecule has 0 N–H and O–H groups in total. The predicted molar refractivity (Wildman–Crippen MR) is 51.2 cm³/mol. The van der Waals surface area contributed by atoms with Crippen LogP contribution < -0.4 is 4.90 Å². The quantitative estimate of drug-likeness (QED) is 0.747. The number of aromatic nitrogens is 2. The molecule has 1 saturated heterocycles. The summed E-state index contributed by atoms with van der Waals surface area (Å²) in [6, 6.07) is 0. The van der Waals surface area contributed by atoms with Crippen LogP contribution in [0.25, 0.3) is 0 Å². The fourth-order valence-corrected chi connectivity index (χ4v) is 0.821. The van der Waals surface area contributed by atoms with Crippen LogP contribution in [-0.4, -0.2) is 23.0 Å². The molecule has 2 heterocycles. The molecule has 0 amide bonds. The maximum Gasteiger partial charge on any atom is 0.225 e. The third kappa shape index (κ3) is 1.58. The van der Waals surface area contributed by atoms with Gasteiger partial charge in [-0.05, 0) is 28.7 Å². The fourth-order valence-electron chi connectivity index (χ4n) is 0.644. The molecule has 2 rings (SSSR count). The molecule has 1 aliphatic heterocycles. The molecule has 1 fully saturated rings. The van der Waals surface area contributed by atoms with Crippen molar-refractivity contribution in [3.8, 4) is 0 Å². The molecule has 0 saturated carbocycles. The minimum atomic E-state index is -3.22. The molecule has 3 nitrogen and oxygen atoms in total. The van der Waals surface area contributed by atoms with Crippen LogP contribution in [0, 0.1) is 0 Å². The summed E-state index contributed by atoms with van der Waals surface area (Å²) in [4.78, 5) is 7.19. The van der Waals surface area contributed by atoms with Crippen molar-refractivity contribution in [2.75, 3.05) is 17.9 Å². The lowest BCUT2D eigenvalue weighted by molar-refractivity contribution is 0.896. The van der Waals surface area contributed by atoms with Crippen molar-refractivity contribution in [2.45, 2.75) is 12.7 Å². The van der Waals surface area contributed by atoms with Crippen molar-refractivity contribution >= 4 is 21.9 Å². The van der Waals surface area contributed by atoms with Crippen LogP contribution in [0.1, 0.15) is 26.5 Å². The molecule has 0 aromatic carbocycles. The first-order chi connectivity index (χ1) is 9.69. The third-order valence-electron chi connectivity index (χ3n) is 1.11. The van der Waals surface area contributed by atoms with Crippen molar-refractivity contribution in [1.29, 1.82) is 0 Å². The van der Waals surface area contributed by atoms with Crippen LogP contribution >= 0.6 is 15.9 Å². The van der Waals surface area contributed by atoms with Crippen molar-refractivity contribution < 1.29 is 13.7 Å². The maximum absolute atomic E-state index is 7.81. The number of anilines is 1. The molecule has 64 valence electrons. The van der Waals surface area contributed by atoms with Crippen LogP contribution in [0.5, 0.6) is 0 Å². The topological polar surface area (TPSA) is 29.0 Å². The van der Waals surface area contributed by atoms with Crippen LogP contribution in [0.4, 0.5) is 5.95 Å². The van der Waals surface area contributed by atoms with Gasteiger partial charge in [0.05, 0.1) is 7.21 Å². The van der Waals surface area contributed by atoms with Gasteiger partial charge in [-0.3, -0.25) is 0 Å². The standard InChI is InChI=1S/C8H10BrN3/c9-7-5-10-8(11-6-7)12-3-1-2-4-12/h5-6H,1-4H2/i1D2,2D2,3D2,4D2,5D,6D. The van der Waals surface area contributed by atoms with Gasteiger partial charge < -0.3 is 4.90 Å². The Morgan fingerprint density at radius 2 is 2.00 bits per heavy atom. The molecule has 0 unspecified atom stereocenters. The largest absolute Gasteiger partial charge is 0.341 e. The normalized spacial score (nSPS) is 45.9. The maximum atomic E-state index is 7.81. The van der Waals surface area contributed by atoms with E-state index in [0.717, 1.165) is 0 Å². The number of rotatable bonds is 1.